The minimum absolute atomic E-state index is 0.347. The van der Waals surface area contributed by atoms with Crippen molar-refractivity contribution in [1.82, 2.24) is 29.1 Å². The molecule has 0 spiro atoms. The maximum Gasteiger partial charge on any atom is 0.495 e. The molecule has 0 aliphatic rings. The van der Waals surface area contributed by atoms with E-state index in [1.54, 1.807) is 20.3 Å². The molecule has 2 radical (unpaired) electrons. The average molecular weight is 675 g/mol. The molecule has 0 fully saturated rings. The van der Waals surface area contributed by atoms with Crippen LogP contribution in [0.3, 0.4) is 0 Å². The van der Waals surface area contributed by atoms with Gasteiger partial charge in [-0.25, -0.2) is 19.9 Å². The molecule has 11 heteroatoms. The highest BCUT2D eigenvalue weighted by molar-refractivity contribution is 8.24. The van der Waals surface area contributed by atoms with Crippen molar-refractivity contribution >= 4 is 71.4 Å². The number of aromatic nitrogens is 6. The van der Waals surface area contributed by atoms with Crippen molar-refractivity contribution in [1.29, 1.82) is 0 Å². The number of imidazole rings is 2. The first kappa shape index (κ1) is 30.2. The number of hydrogen-bond donors (Lipinski definition) is 0. The van der Waals surface area contributed by atoms with E-state index in [1.165, 1.54) is 0 Å². The van der Waals surface area contributed by atoms with E-state index >= 15 is 0 Å². The molecule has 0 saturated heterocycles. The van der Waals surface area contributed by atoms with Gasteiger partial charge in [0.15, 0.2) is 11.3 Å². The van der Waals surface area contributed by atoms with Gasteiger partial charge in [-0.3, -0.25) is 9.13 Å². The van der Waals surface area contributed by atoms with E-state index in [0.29, 0.717) is 0 Å². The van der Waals surface area contributed by atoms with E-state index in [2.05, 4.69) is 91.9 Å². The standard InChI is InChI=1S/2C18H13N3S.2Al.O/c2*22-16-11-5-4-9-14(16)17-20-15-10-6-12-19-18(15)21(17)13-7-2-1-3-8-13;;;/h2*1-12,22H;;;/q;;2*+1;/p-2. The van der Waals surface area contributed by atoms with Gasteiger partial charge in [-0.05, 0) is 60.7 Å². The Kier molecular flexibility index (Phi) is 8.94. The van der Waals surface area contributed by atoms with Crippen molar-refractivity contribution in [2.45, 2.75) is 9.79 Å². The molecule has 0 amide bonds. The van der Waals surface area contributed by atoms with Gasteiger partial charge in [0.2, 0.25) is 0 Å². The largest absolute Gasteiger partial charge is 0.632 e. The molecular formula is C36H24Al2N6OS2. The van der Waals surface area contributed by atoms with Crippen LogP contribution in [0.4, 0.5) is 0 Å². The smallest absolute Gasteiger partial charge is 0.495 e. The van der Waals surface area contributed by atoms with Crippen LogP contribution < -0.4 is 0 Å². The molecule has 4 heterocycles. The van der Waals surface area contributed by atoms with E-state index in [4.69, 9.17) is 12.8 Å². The Hall–Kier alpha value is -4.16. The van der Waals surface area contributed by atoms with E-state index in [-0.39, 0.29) is 28.8 Å². The van der Waals surface area contributed by atoms with Gasteiger partial charge < -0.3 is 2.84 Å². The van der Waals surface area contributed by atoms with Crippen molar-refractivity contribution in [2.75, 3.05) is 0 Å². The number of nitrogens with zero attached hydrogens (tertiary/aromatic N) is 6. The maximum absolute atomic E-state index is 6.38. The highest BCUT2D eigenvalue weighted by Crippen LogP contribution is 2.36. The van der Waals surface area contributed by atoms with E-state index in [0.717, 1.165) is 66.3 Å². The summed E-state index contributed by atoms with van der Waals surface area (Å²) in [5.41, 5.74) is 7.61. The number of rotatable bonds is 10. The van der Waals surface area contributed by atoms with Crippen molar-refractivity contribution in [3.05, 3.63) is 146 Å². The van der Waals surface area contributed by atoms with Gasteiger partial charge in [0.1, 0.15) is 22.7 Å². The molecule has 0 atom stereocenters. The fraction of sp³-hybridized carbons (Fsp3) is 0. The van der Waals surface area contributed by atoms with Crippen molar-refractivity contribution < 1.29 is 2.84 Å². The molecule has 8 aromatic rings. The fourth-order valence-corrected chi connectivity index (χ4v) is 11.7. The number of fused-ring (bicyclic) bond motifs is 2. The summed E-state index contributed by atoms with van der Waals surface area (Å²) in [6.07, 6.45) is 3.64. The zero-order valence-electron chi connectivity index (χ0n) is 24.9. The Morgan fingerprint density at radius 1 is 0.468 bits per heavy atom. The summed E-state index contributed by atoms with van der Waals surface area (Å²) in [5, 5.41) is 0. The molecule has 47 heavy (non-hydrogen) atoms. The molecule has 0 N–H and O–H groups in total. The molecule has 0 bridgehead atoms. The number of pyridine rings is 2. The van der Waals surface area contributed by atoms with Crippen LogP contribution in [0.15, 0.2) is 156 Å². The van der Waals surface area contributed by atoms with Crippen LogP contribution in [0.2, 0.25) is 0 Å². The monoisotopic (exact) mass is 674 g/mol. The molecule has 222 valence electrons. The Morgan fingerprint density at radius 2 is 0.894 bits per heavy atom. The van der Waals surface area contributed by atoms with Gasteiger partial charge in [0.05, 0.1) is 0 Å². The van der Waals surface area contributed by atoms with Crippen LogP contribution in [0, 0.1) is 0 Å². The molecule has 0 aliphatic heterocycles. The van der Waals surface area contributed by atoms with Crippen LogP contribution in [0.5, 0.6) is 0 Å². The summed E-state index contributed by atoms with van der Waals surface area (Å²) in [4.78, 5) is 21.7. The van der Waals surface area contributed by atoms with Gasteiger partial charge >= 0.3 is 28.8 Å². The number of para-hydroxylation sites is 2. The second-order valence-corrected chi connectivity index (χ2v) is 15.9. The molecule has 0 unspecified atom stereocenters. The lowest BCUT2D eigenvalue weighted by atomic mass is 10.2. The summed E-state index contributed by atoms with van der Waals surface area (Å²) >= 11 is -0.693. The summed E-state index contributed by atoms with van der Waals surface area (Å²) in [5.74, 6) is 1.75. The van der Waals surface area contributed by atoms with E-state index in [1.807, 2.05) is 73.1 Å². The summed E-state index contributed by atoms with van der Waals surface area (Å²) in [6, 6.07) is 45.3. The van der Waals surface area contributed by atoms with Crippen LogP contribution >= 0.6 is 20.3 Å². The Balaban J connectivity index is 1.02. The lowest BCUT2D eigenvalue weighted by Crippen LogP contribution is -2.02. The third-order valence-corrected chi connectivity index (χ3v) is 14.0. The van der Waals surface area contributed by atoms with Gasteiger partial charge in [0.25, 0.3) is 0 Å². The molecule has 4 aromatic carbocycles. The van der Waals surface area contributed by atoms with E-state index in [9.17, 15) is 0 Å². The highest BCUT2D eigenvalue weighted by atomic mass is 32.3. The molecule has 8 rings (SSSR count). The Morgan fingerprint density at radius 3 is 1.36 bits per heavy atom. The van der Waals surface area contributed by atoms with Gasteiger partial charge in [-0.1, -0.05) is 72.8 Å². The Labute approximate surface area is 291 Å². The predicted octanol–water partition coefficient (Wildman–Crippen LogP) is 8.46. The SMILES string of the molecule is c1ccc(-n2c(-c3ccccc3[S][Al][O][Al][S]c3ccccc3-c3nc4cccnc4n3-c3ccccc3)nc3cccnc32)cc1. The van der Waals surface area contributed by atoms with Crippen LogP contribution in [0.25, 0.3) is 56.5 Å². The van der Waals surface area contributed by atoms with Gasteiger partial charge in [-0.2, -0.15) is 20.3 Å². The normalized spacial score (nSPS) is 11.2. The summed E-state index contributed by atoms with van der Waals surface area (Å²) in [6.45, 7) is 0. The van der Waals surface area contributed by atoms with Crippen molar-refractivity contribution in [3.63, 3.8) is 0 Å². The molecule has 7 nitrogen and oxygen atoms in total. The van der Waals surface area contributed by atoms with Gasteiger partial charge in [-0.15, -0.1) is 0 Å². The van der Waals surface area contributed by atoms with Crippen LogP contribution in [-0.2, 0) is 2.84 Å². The lowest BCUT2D eigenvalue weighted by molar-refractivity contribution is 0.678. The molecule has 0 aliphatic carbocycles. The predicted molar refractivity (Wildman–Crippen MR) is 193 cm³/mol. The van der Waals surface area contributed by atoms with Crippen LogP contribution in [0.1, 0.15) is 0 Å². The van der Waals surface area contributed by atoms with Gasteiger partial charge in [0, 0.05) is 44.7 Å². The number of benzene rings is 4. The van der Waals surface area contributed by atoms with E-state index < -0.39 is 0 Å². The number of hydrogen-bond acceptors (Lipinski definition) is 7. The topological polar surface area (TPSA) is 70.7 Å². The molecule has 4 aromatic heterocycles. The zero-order valence-corrected chi connectivity index (χ0v) is 28.9. The third-order valence-electron chi connectivity index (χ3n) is 7.58. The first-order valence-electron chi connectivity index (χ1n) is 14.9. The second kappa shape index (κ2) is 13.9. The first-order valence-corrected chi connectivity index (χ1v) is 20.5. The second-order valence-electron chi connectivity index (χ2n) is 10.5. The minimum atomic E-state index is -0.347. The van der Waals surface area contributed by atoms with Crippen LogP contribution in [-0.4, -0.2) is 57.9 Å². The quantitative estimate of drug-likeness (QED) is 0.107. The molecule has 0 saturated carbocycles. The highest BCUT2D eigenvalue weighted by Gasteiger charge is 2.20. The third kappa shape index (κ3) is 6.16. The molecular weight excluding hydrogens is 651 g/mol. The summed E-state index contributed by atoms with van der Waals surface area (Å²) < 4.78 is 10.7. The van der Waals surface area contributed by atoms with Crippen molar-refractivity contribution in [2.24, 2.45) is 0 Å². The average Bonchev–Trinajstić information content (AvgIpc) is 3.72. The Bertz CT molecular complexity index is 2150. The summed E-state index contributed by atoms with van der Waals surface area (Å²) in [7, 11) is 3.53. The maximum atomic E-state index is 6.38. The lowest BCUT2D eigenvalue weighted by Gasteiger charge is -2.13. The first-order chi connectivity index (χ1) is 23.3. The fourth-order valence-electron chi connectivity index (χ4n) is 5.52. The zero-order chi connectivity index (χ0) is 31.4. The minimum Gasteiger partial charge on any atom is -0.632 e. The van der Waals surface area contributed by atoms with Crippen molar-refractivity contribution in [3.8, 4) is 34.2 Å².